The minimum atomic E-state index is -3.49. The lowest BCUT2D eigenvalue weighted by molar-refractivity contribution is -0.120. The van der Waals surface area contributed by atoms with Gasteiger partial charge in [0.05, 0.1) is 15.8 Å². The van der Waals surface area contributed by atoms with Crippen LogP contribution in [0.5, 0.6) is 0 Å². The molecule has 1 N–H and O–H groups in total. The Morgan fingerprint density at radius 1 is 1.00 bits per heavy atom. The summed E-state index contributed by atoms with van der Waals surface area (Å²) in [5.74, 6) is -0.560. The summed E-state index contributed by atoms with van der Waals surface area (Å²) in [6, 6.07) is 11.8. The van der Waals surface area contributed by atoms with E-state index in [0.717, 1.165) is 0 Å². The van der Waals surface area contributed by atoms with Gasteiger partial charge in [0.15, 0.2) is 0 Å². The van der Waals surface area contributed by atoms with Crippen LogP contribution < -0.4 is 5.32 Å². The topological polar surface area (TPSA) is 66.5 Å². The molecule has 3 rings (SSSR count). The standard InChI is InChI=1S/C19H19Cl3N2O3S/c20-16-4-2-1-3-14(16)12-28(26,27)24-9-7-13(8-10-24)19(25)23-15-5-6-17(21)18(22)11-15/h1-6,11,13H,7-10,12H2,(H,23,25). The van der Waals surface area contributed by atoms with Crippen LogP contribution in [0.25, 0.3) is 0 Å². The molecule has 0 saturated carbocycles. The minimum Gasteiger partial charge on any atom is -0.326 e. The van der Waals surface area contributed by atoms with Crippen LogP contribution in [0, 0.1) is 5.92 Å². The molecule has 9 heteroatoms. The number of benzene rings is 2. The van der Waals surface area contributed by atoms with E-state index >= 15 is 0 Å². The lowest BCUT2D eigenvalue weighted by Gasteiger charge is -2.30. The summed E-state index contributed by atoms with van der Waals surface area (Å²) in [7, 11) is -3.49. The van der Waals surface area contributed by atoms with Crippen molar-refractivity contribution in [2.45, 2.75) is 18.6 Å². The molecule has 0 aliphatic carbocycles. The lowest BCUT2D eigenvalue weighted by Crippen LogP contribution is -2.41. The van der Waals surface area contributed by atoms with E-state index in [0.29, 0.717) is 52.2 Å². The highest BCUT2D eigenvalue weighted by atomic mass is 35.5. The highest BCUT2D eigenvalue weighted by Gasteiger charge is 2.31. The Hall–Kier alpha value is -1.31. The van der Waals surface area contributed by atoms with Crippen molar-refractivity contribution < 1.29 is 13.2 Å². The molecule has 5 nitrogen and oxygen atoms in total. The van der Waals surface area contributed by atoms with Crippen molar-refractivity contribution in [1.82, 2.24) is 4.31 Å². The third-order valence-corrected chi connectivity index (χ3v) is 7.64. The number of halogens is 3. The Bertz CT molecular complexity index is 974. The number of hydrogen-bond donors (Lipinski definition) is 1. The predicted molar refractivity (Wildman–Crippen MR) is 113 cm³/mol. The normalized spacial score (nSPS) is 16.1. The van der Waals surface area contributed by atoms with Crippen LogP contribution in [0.3, 0.4) is 0 Å². The number of anilines is 1. The molecule has 1 heterocycles. The number of carbonyl (C=O) groups excluding carboxylic acids is 1. The Morgan fingerprint density at radius 2 is 1.68 bits per heavy atom. The molecule has 1 aliphatic heterocycles. The van der Waals surface area contributed by atoms with E-state index < -0.39 is 10.0 Å². The van der Waals surface area contributed by atoms with Crippen molar-refractivity contribution in [1.29, 1.82) is 0 Å². The van der Waals surface area contributed by atoms with Crippen molar-refractivity contribution in [3.8, 4) is 0 Å². The maximum Gasteiger partial charge on any atom is 0.227 e. The van der Waals surface area contributed by atoms with Crippen LogP contribution in [-0.2, 0) is 20.6 Å². The molecule has 2 aromatic rings. The van der Waals surface area contributed by atoms with Crippen molar-refractivity contribution in [2.75, 3.05) is 18.4 Å². The number of sulfonamides is 1. The van der Waals surface area contributed by atoms with Gasteiger partial charge in [-0.2, -0.15) is 0 Å². The third kappa shape index (κ3) is 5.19. The zero-order valence-electron chi connectivity index (χ0n) is 14.9. The van der Waals surface area contributed by atoms with E-state index in [9.17, 15) is 13.2 Å². The summed E-state index contributed by atoms with van der Waals surface area (Å²) in [5.41, 5.74) is 1.14. The van der Waals surface area contributed by atoms with Gasteiger partial charge in [0.1, 0.15) is 0 Å². The molecule has 0 aromatic heterocycles. The number of amides is 1. The SMILES string of the molecule is O=C(Nc1ccc(Cl)c(Cl)c1)C1CCN(S(=O)(=O)Cc2ccccc2Cl)CC1. The predicted octanol–water partition coefficient (Wildman–Crippen LogP) is 4.83. The Balaban J connectivity index is 1.58. The fourth-order valence-electron chi connectivity index (χ4n) is 3.12. The third-order valence-electron chi connectivity index (χ3n) is 4.70. The summed E-state index contributed by atoms with van der Waals surface area (Å²) < 4.78 is 26.8. The lowest BCUT2D eigenvalue weighted by atomic mass is 9.97. The zero-order valence-corrected chi connectivity index (χ0v) is 18.0. The summed E-state index contributed by atoms with van der Waals surface area (Å²) in [5, 5.41) is 4.02. The van der Waals surface area contributed by atoms with Gasteiger partial charge in [-0.1, -0.05) is 53.0 Å². The number of piperidine rings is 1. The molecule has 2 aromatic carbocycles. The number of rotatable bonds is 5. The molecule has 0 atom stereocenters. The van der Waals surface area contributed by atoms with Crippen LogP contribution >= 0.6 is 34.8 Å². The quantitative estimate of drug-likeness (QED) is 0.693. The Labute approximate surface area is 179 Å². The van der Waals surface area contributed by atoms with E-state index in [4.69, 9.17) is 34.8 Å². The van der Waals surface area contributed by atoms with Crippen LogP contribution in [0.4, 0.5) is 5.69 Å². The van der Waals surface area contributed by atoms with Crippen molar-refractivity contribution in [3.63, 3.8) is 0 Å². The molecule has 1 aliphatic rings. The van der Waals surface area contributed by atoms with E-state index in [-0.39, 0.29) is 17.6 Å². The second-order valence-corrected chi connectivity index (χ2v) is 9.83. The van der Waals surface area contributed by atoms with Crippen molar-refractivity contribution >= 4 is 56.4 Å². The molecule has 0 bridgehead atoms. The van der Waals surface area contributed by atoms with Gasteiger partial charge >= 0.3 is 0 Å². The maximum atomic E-state index is 12.7. The van der Waals surface area contributed by atoms with Gasteiger partial charge in [0.25, 0.3) is 0 Å². The molecule has 1 fully saturated rings. The van der Waals surface area contributed by atoms with Crippen molar-refractivity contribution in [2.24, 2.45) is 5.92 Å². The first kappa shape index (κ1) is 21.4. The van der Waals surface area contributed by atoms with Gasteiger partial charge in [-0.25, -0.2) is 12.7 Å². The van der Waals surface area contributed by atoms with Crippen LogP contribution in [0.1, 0.15) is 18.4 Å². The summed E-state index contributed by atoms with van der Waals surface area (Å²) >= 11 is 17.9. The van der Waals surface area contributed by atoms with E-state index in [1.165, 1.54) is 4.31 Å². The largest absolute Gasteiger partial charge is 0.326 e. The van der Waals surface area contributed by atoms with E-state index in [1.54, 1.807) is 42.5 Å². The number of nitrogens with one attached hydrogen (secondary N) is 1. The molecule has 1 saturated heterocycles. The molecular formula is C19H19Cl3N2O3S. The van der Waals surface area contributed by atoms with Crippen LogP contribution in [0.2, 0.25) is 15.1 Å². The summed E-state index contributed by atoms with van der Waals surface area (Å²) in [6.45, 7) is 0.596. The number of nitrogens with zero attached hydrogens (tertiary/aromatic N) is 1. The van der Waals surface area contributed by atoms with Crippen LogP contribution in [-0.4, -0.2) is 31.7 Å². The minimum absolute atomic E-state index is 0.146. The van der Waals surface area contributed by atoms with Gasteiger partial charge in [-0.3, -0.25) is 4.79 Å². The van der Waals surface area contributed by atoms with Gasteiger partial charge in [0, 0.05) is 29.7 Å². The molecular weight excluding hydrogens is 443 g/mol. The Kier molecular flexibility index (Phi) is 6.89. The first-order valence-electron chi connectivity index (χ1n) is 8.73. The van der Waals surface area contributed by atoms with Gasteiger partial charge < -0.3 is 5.32 Å². The molecule has 0 spiro atoms. The summed E-state index contributed by atoms with van der Waals surface area (Å²) in [4.78, 5) is 12.5. The zero-order chi connectivity index (χ0) is 20.3. The molecule has 0 unspecified atom stereocenters. The smallest absolute Gasteiger partial charge is 0.227 e. The second-order valence-electron chi connectivity index (χ2n) is 6.64. The molecule has 0 radical (unpaired) electrons. The molecule has 28 heavy (non-hydrogen) atoms. The first-order valence-corrected chi connectivity index (χ1v) is 11.5. The van der Waals surface area contributed by atoms with Crippen LogP contribution in [0.15, 0.2) is 42.5 Å². The summed E-state index contributed by atoms with van der Waals surface area (Å²) in [6.07, 6.45) is 0.907. The van der Waals surface area contributed by atoms with E-state index in [2.05, 4.69) is 5.32 Å². The number of hydrogen-bond acceptors (Lipinski definition) is 3. The fraction of sp³-hybridized carbons (Fsp3) is 0.316. The average molecular weight is 462 g/mol. The van der Waals surface area contributed by atoms with Gasteiger partial charge in [-0.15, -0.1) is 0 Å². The highest BCUT2D eigenvalue weighted by Crippen LogP contribution is 2.27. The fourth-order valence-corrected chi connectivity index (χ4v) is 5.29. The second kappa shape index (κ2) is 9.01. The first-order chi connectivity index (χ1) is 13.3. The highest BCUT2D eigenvalue weighted by molar-refractivity contribution is 7.88. The number of carbonyl (C=O) groups is 1. The van der Waals surface area contributed by atoms with E-state index in [1.807, 2.05) is 0 Å². The average Bonchev–Trinajstić information content (AvgIpc) is 2.66. The van der Waals surface area contributed by atoms with Gasteiger partial charge in [0.2, 0.25) is 15.9 Å². The van der Waals surface area contributed by atoms with Crippen molar-refractivity contribution in [3.05, 3.63) is 63.1 Å². The monoisotopic (exact) mass is 460 g/mol. The maximum absolute atomic E-state index is 12.7. The van der Waals surface area contributed by atoms with Gasteiger partial charge in [-0.05, 0) is 42.7 Å². The molecule has 150 valence electrons. The molecule has 1 amide bonds. The Morgan fingerprint density at radius 3 is 2.32 bits per heavy atom.